The van der Waals surface area contributed by atoms with Gasteiger partial charge < -0.3 is 24.2 Å². The average molecular weight is 394 g/mol. The Morgan fingerprint density at radius 2 is 1.93 bits per heavy atom. The van der Waals surface area contributed by atoms with Gasteiger partial charge in [0.1, 0.15) is 17.0 Å². The minimum atomic E-state index is -0.233. The van der Waals surface area contributed by atoms with Gasteiger partial charge in [0.2, 0.25) is 6.79 Å². The summed E-state index contributed by atoms with van der Waals surface area (Å²) in [5.41, 5.74) is 2.74. The molecule has 0 unspecified atom stereocenters. The van der Waals surface area contributed by atoms with E-state index >= 15 is 0 Å². The van der Waals surface area contributed by atoms with Crippen molar-refractivity contribution in [3.8, 4) is 22.8 Å². The average Bonchev–Trinajstić information content (AvgIpc) is 3.34. The lowest BCUT2D eigenvalue weighted by Crippen LogP contribution is -2.34. The molecule has 1 N–H and O–H groups in total. The summed E-state index contributed by atoms with van der Waals surface area (Å²) in [5, 5.41) is 7.08. The summed E-state index contributed by atoms with van der Waals surface area (Å²) in [4.78, 5) is 19.0. The molecule has 0 fully saturated rings. The number of nitrogens with zero attached hydrogens (tertiary/aromatic N) is 3. The van der Waals surface area contributed by atoms with E-state index in [4.69, 9.17) is 14.0 Å². The molecule has 3 aromatic rings. The molecule has 2 aromatic heterocycles. The lowest BCUT2D eigenvalue weighted by molar-refractivity contribution is 0.0941. The summed E-state index contributed by atoms with van der Waals surface area (Å²) in [5.74, 6) is 1.69. The summed E-state index contributed by atoms with van der Waals surface area (Å²) in [6.07, 6.45) is 3.31. The van der Waals surface area contributed by atoms with E-state index in [1.54, 1.807) is 31.5 Å². The Morgan fingerprint density at radius 1 is 1.17 bits per heavy atom. The van der Waals surface area contributed by atoms with Crippen LogP contribution in [0.3, 0.4) is 0 Å². The molecule has 0 aliphatic carbocycles. The van der Waals surface area contributed by atoms with Crippen molar-refractivity contribution in [1.82, 2.24) is 20.4 Å². The van der Waals surface area contributed by atoms with Crippen LogP contribution in [0.2, 0.25) is 0 Å². The number of fused-ring (bicyclic) bond motifs is 1. The van der Waals surface area contributed by atoms with E-state index < -0.39 is 0 Å². The molecule has 1 atom stereocenters. The Bertz CT molecular complexity index is 1020. The molecule has 1 aromatic carbocycles. The molecule has 29 heavy (non-hydrogen) atoms. The highest BCUT2D eigenvalue weighted by atomic mass is 16.7. The molecule has 3 heterocycles. The van der Waals surface area contributed by atoms with Crippen LogP contribution in [0.15, 0.2) is 47.2 Å². The molecule has 0 saturated heterocycles. The van der Waals surface area contributed by atoms with E-state index in [0.29, 0.717) is 23.6 Å². The van der Waals surface area contributed by atoms with E-state index in [9.17, 15) is 4.79 Å². The third-order valence-electron chi connectivity index (χ3n) is 4.90. The normalized spacial score (nSPS) is 13.5. The van der Waals surface area contributed by atoms with Gasteiger partial charge in [0.15, 0.2) is 11.5 Å². The van der Waals surface area contributed by atoms with E-state index in [1.165, 1.54) is 0 Å². The molecule has 1 aliphatic rings. The molecule has 0 bridgehead atoms. The highest BCUT2D eigenvalue weighted by molar-refractivity contribution is 6.00. The number of hydrogen-bond acceptors (Lipinski definition) is 7. The molecule has 8 heteroatoms. The van der Waals surface area contributed by atoms with Crippen molar-refractivity contribution in [3.05, 3.63) is 59.6 Å². The number of nitrogens with one attached hydrogen (secondary N) is 1. The van der Waals surface area contributed by atoms with Crippen LogP contribution >= 0.6 is 0 Å². The SMILES string of the molecule is Cc1onc(-c2ccncc2)c1C(=O)NC[C@@H](c1ccc2c(c1)OCO2)N(C)C. The van der Waals surface area contributed by atoms with E-state index in [0.717, 1.165) is 22.6 Å². The van der Waals surface area contributed by atoms with Crippen LogP contribution in [-0.2, 0) is 0 Å². The first-order valence-corrected chi connectivity index (χ1v) is 9.25. The number of pyridine rings is 1. The van der Waals surface area contributed by atoms with Gasteiger partial charge in [-0.15, -0.1) is 0 Å². The first-order chi connectivity index (χ1) is 14.0. The molecule has 0 radical (unpaired) electrons. The highest BCUT2D eigenvalue weighted by Crippen LogP contribution is 2.35. The zero-order valence-corrected chi connectivity index (χ0v) is 16.5. The first-order valence-electron chi connectivity index (χ1n) is 9.25. The second-order valence-corrected chi connectivity index (χ2v) is 7.00. The predicted molar refractivity (Wildman–Crippen MR) is 106 cm³/mol. The Morgan fingerprint density at radius 3 is 2.69 bits per heavy atom. The largest absolute Gasteiger partial charge is 0.454 e. The standard InChI is InChI=1S/C21H22N4O4/c1-13-19(20(24-29-13)14-6-8-22-9-7-14)21(26)23-11-16(25(2)3)15-4-5-17-18(10-15)28-12-27-17/h4-10,16H,11-12H2,1-3H3,(H,23,26)/t16-/m0/s1. The number of hydrogen-bond donors (Lipinski definition) is 1. The third-order valence-corrected chi connectivity index (χ3v) is 4.90. The first kappa shape index (κ1) is 18.9. The van der Waals surface area contributed by atoms with Gasteiger partial charge >= 0.3 is 0 Å². The topological polar surface area (TPSA) is 89.7 Å². The number of carbonyl (C=O) groups excluding carboxylic acids is 1. The highest BCUT2D eigenvalue weighted by Gasteiger charge is 2.24. The lowest BCUT2D eigenvalue weighted by atomic mass is 10.0. The molecule has 0 saturated carbocycles. The molecule has 150 valence electrons. The minimum absolute atomic E-state index is 0.0435. The van der Waals surface area contributed by atoms with E-state index in [-0.39, 0.29) is 18.7 Å². The number of aromatic nitrogens is 2. The number of ether oxygens (including phenoxy) is 2. The van der Waals surface area contributed by atoms with Gasteiger partial charge in [-0.05, 0) is 50.8 Å². The Labute approximate surface area is 168 Å². The van der Waals surface area contributed by atoms with Crippen LogP contribution in [0.25, 0.3) is 11.3 Å². The van der Waals surface area contributed by atoms with Gasteiger partial charge in [0, 0.05) is 24.5 Å². The quantitative estimate of drug-likeness (QED) is 0.687. The van der Waals surface area contributed by atoms with E-state index in [2.05, 4.69) is 15.5 Å². The van der Waals surface area contributed by atoms with Crippen molar-refractivity contribution in [3.63, 3.8) is 0 Å². The maximum Gasteiger partial charge on any atom is 0.257 e. The number of likely N-dealkylation sites (N-methyl/N-ethyl adjacent to an activating group) is 1. The summed E-state index contributed by atoms with van der Waals surface area (Å²) < 4.78 is 16.2. The van der Waals surface area contributed by atoms with Gasteiger partial charge in [0.25, 0.3) is 5.91 Å². The fraction of sp³-hybridized carbons (Fsp3) is 0.286. The van der Waals surface area contributed by atoms with Gasteiger partial charge in [-0.3, -0.25) is 9.78 Å². The number of carbonyl (C=O) groups is 1. The minimum Gasteiger partial charge on any atom is -0.454 e. The van der Waals surface area contributed by atoms with Gasteiger partial charge in [-0.1, -0.05) is 11.2 Å². The number of amides is 1. The zero-order valence-electron chi connectivity index (χ0n) is 16.5. The van der Waals surface area contributed by atoms with Crippen LogP contribution in [0, 0.1) is 6.92 Å². The predicted octanol–water partition coefficient (Wildman–Crippen LogP) is 2.81. The number of rotatable bonds is 6. The van der Waals surface area contributed by atoms with Crippen LogP contribution in [0.1, 0.15) is 27.7 Å². The lowest BCUT2D eigenvalue weighted by Gasteiger charge is -2.25. The Kier molecular flexibility index (Phi) is 5.18. The van der Waals surface area contributed by atoms with Gasteiger partial charge in [0.05, 0.1) is 6.04 Å². The zero-order chi connectivity index (χ0) is 20.4. The van der Waals surface area contributed by atoms with Crippen LogP contribution in [-0.4, -0.2) is 48.4 Å². The summed E-state index contributed by atoms with van der Waals surface area (Å²) in [6.45, 7) is 2.37. The number of aryl methyl sites for hydroxylation is 1. The molecular formula is C21H22N4O4. The van der Waals surface area contributed by atoms with Crippen LogP contribution in [0.5, 0.6) is 11.5 Å². The molecule has 0 spiro atoms. The fourth-order valence-electron chi connectivity index (χ4n) is 3.34. The summed E-state index contributed by atoms with van der Waals surface area (Å²) >= 11 is 0. The molecule has 1 aliphatic heterocycles. The Hall–Kier alpha value is -3.39. The van der Waals surface area contributed by atoms with Crippen molar-refractivity contribution < 1.29 is 18.8 Å². The number of benzene rings is 1. The molecular weight excluding hydrogens is 372 g/mol. The van der Waals surface area contributed by atoms with Crippen molar-refractivity contribution in [2.45, 2.75) is 13.0 Å². The van der Waals surface area contributed by atoms with Crippen LogP contribution < -0.4 is 14.8 Å². The van der Waals surface area contributed by atoms with E-state index in [1.807, 2.05) is 37.2 Å². The second kappa shape index (κ2) is 7.92. The molecule has 4 rings (SSSR count). The second-order valence-electron chi connectivity index (χ2n) is 7.00. The van der Waals surface area contributed by atoms with Crippen molar-refractivity contribution in [2.24, 2.45) is 0 Å². The summed E-state index contributed by atoms with van der Waals surface area (Å²) in [7, 11) is 3.93. The van der Waals surface area contributed by atoms with Crippen molar-refractivity contribution in [2.75, 3.05) is 27.4 Å². The Balaban J connectivity index is 1.53. The van der Waals surface area contributed by atoms with Gasteiger partial charge in [-0.2, -0.15) is 0 Å². The molecule has 8 nitrogen and oxygen atoms in total. The maximum atomic E-state index is 13.0. The van der Waals surface area contributed by atoms with Crippen LogP contribution in [0.4, 0.5) is 0 Å². The fourth-order valence-corrected chi connectivity index (χ4v) is 3.34. The maximum absolute atomic E-state index is 13.0. The van der Waals surface area contributed by atoms with Gasteiger partial charge in [-0.25, -0.2) is 0 Å². The monoisotopic (exact) mass is 394 g/mol. The smallest absolute Gasteiger partial charge is 0.257 e. The van der Waals surface area contributed by atoms with Crippen molar-refractivity contribution in [1.29, 1.82) is 0 Å². The molecule has 1 amide bonds. The van der Waals surface area contributed by atoms with Crippen molar-refractivity contribution >= 4 is 5.91 Å². The third kappa shape index (κ3) is 3.79. The summed E-state index contributed by atoms with van der Waals surface area (Å²) in [6, 6.07) is 9.37.